The molecule has 100 valence electrons. The third-order valence-corrected chi connectivity index (χ3v) is 2.72. The number of nitrogen functional groups attached to an aromatic ring is 1. The smallest absolute Gasteiger partial charge is 0.338 e. The van der Waals surface area contributed by atoms with Crippen molar-refractivity contribution in [3.8, 4) is 0 Å². The quantitative estimate of drug-likeness (QED) is 0.670. The maximum absolute atomic E-state index is 11.8. The predicted molar refractivity (Wildman–Crippen MR) is 72.8 cm³/mol. The Kier molecular flexibility index (Phi) is 3.85. The lowest BCUT2D eigenvalue weighted by Gasteiger charge is -2.05. The maximum atomic E-state index is 11.8. The Hall–Kier alpha value is -2.30. The zero-order chi connectivity index (χ0) is 13.8. The highest BCUT2D eigenvalue weighted by atomic mass is 16.5. The van der Waals surface area contributed by atoms with Crippen molar-refractivity contribution in [2.24, 2.45) is 7.05 Å². The van der Waals surface area contributed by atoms with Crippen LogP contribution in [0, 0.1) is 6.92 Å². The molecule has 0 spiro atoms. The summed E-state index contributed by atoms with van der Waals surface area (Å²) in [7, 11) is 1.85. The van der Waals surface area contributed by atoms with E-state index in [-0.39, 0.29) is 5.97 Å². The lowest BCUT2D eigenvalue weighted by atomic mass is 10.1. The molecule has 19 heavy (non-hydrogen) atoms. The van der Waals surface area contributed by atoms with Gasteiger partial charge in [0.15, 0.2) is 0 Å². The molecule has 0 aliphatic carbocycles. The van der Waals surface area contributed by atoms with Gasteiger partial charge in [-0.05, 0) is 36.2 Å². The molecule has 0 saturated heterocycles. The highest BCUT2D eigenvalue weighted by Crippen LogP contribution is 2.12. The Labute approximate surface area is 112 Å². The van der Waals surface area contributed by atoms with Crippen molar-refractivity contribution in [1.82, 2.24) is 9.78 Å². The Morgan fingerprint density at radius 2 is 2.21 bits per heavy atom. The van der Waals surface area contributed by atoms with Crippen molar-refractivity contribution in [3.63, 3.8) is 0 Å². The van der Waals surface area contributed by atoms with Gasteiger partial charge in [-0.1, -0.05) is 0 Å². The summed E-state index contributed by atoms with van der Waals surface area (Å²) in [6.45, 7) is 2.22. The van der Waals surface area contributed by atoms with Gasteiger partial charge in [0, 0.05) is 25.4 Å². The third kappa shape index (κ3) is 3.58. The van der Waals surface area contributed by atoms with E-state index in [9.17, 15) is 4.79 Å². The second-order valence-corrected chi connectivity index (χ2v) is 4.54. The average molecular weight is 259 g/mol. The first-order chi connectivity index (χ1) is 9.04. The molecule has 0 amide bonds. The van der Waals surface area contributed by atoms with E-state index in [0.29, 0.717) is 24.3 Å². The normalized spacial score (nSPS) is 10.4. The summed E-state index contributed by atoms with van der Waals surface area (Å²) < 4.78 is 6.94. The molecule has 2 aromatic rings. The molecule has 0 unspecified atom stereocenters. The molecule has 5 heteroatoms. The first kappa shape index (κ1) is 13.1. The first-order valence-electron chi connectivity index (χ1n) is 6.06. The number of anilines is 1. The van der Waals surface area contributed by atoms with Crippen molar-refractivity contribution in [2.75, 3.05) is 12.3 Å². The fraction of sp³-hybridized carbons (Fsp3) is 0.286. The van der Waals surface area contributed by atoms with Gasteiger partial charge in [0.25, 0.3) is 0 Å². The van der Waals surface area contributed by atoms with E-state index in [4.69, 9.17) is 10.5 Å². The Bertz CT molecular complexity index is 570. The largest absolute Gasteiger partial charge is 0.462 e. The van der Waals surface area contributed by atoms with Crippen LogP contribution >= 0.6 is 0 Å². The minimum absolute atomic E-state index is 0.332. The summed E-state index contributed by atoms with van der Waals surface area (Å²) in [4.78, 5) is 11.8. The van der Waals surface area contributed by atoms with E-state index >= 15 is 0 Å². The number of nitrogens with two attached hydrogens (primary N) is 1. The van der Waals surface area contributed by atoms with Crippen molar-refractivity contribution >= 4 is 11.7 Å². The van der Waals surface area contributed by atoms with Crippen molar-refractivity contribution in [3.05, 3.63) is 47.3 Å². The minimum Gasteiger partial charge on any atom is -0.462 e. The van der Waals surface area contributed by atoms with Gasteiger partial charge in [0.1, 0.15) is 0 Å². The van der Waals surface area contributed by atoms with Gasteiger partial charge in [0.05, 0.1) is 18.4 Å². The minimum atomic E-state index is -0.348. The summed E-state index contributed by atoms with van der Waals surface area (Å²) in [5.74, 6) is -0.348. The fourth-order valence-electron chi connectivity index (χ4n) is 1.88. The van der Waals surface area contributed by atoms with E-state index in [1.54, 1.807) is 23.0 Å². The van der Waals surface area contributed by atoms with Crippen LogP contribution < -0.4 is 5.73 Å². The third-order valence-electron chi connectivity index (χ3n) is 2.72. The number of hydrogen-bond acceptors (Lipinski definition) is 4. The predicted octanol–water partition coefficient (Wildman–Crippen LogP) is 1.71. The highest BCUT2D eigenvalue weighted by molar-refractivity contribution is 5.90. The fourth-order valence-corrected chi connectivity index (χ4v) is 1.88. The SMILES string of the molecule is Cc1cc(N)cc(C(=O)OCCc2cnn(C)c2)c1. The van der Waals surface area contributed by atoms with E-state index in [2.05, 4.69) is 5.10 Å². The standard InChI is InChI=1S/C14H17N3O2/c1-10-5-12(7-13(15)6-10)14(18)19-4-3-11-8-16-17(2)9-11/h5-9H,3-4,15H2,1-2H3. The summed E-state index contributed by atoms with van der Waals surface area (Å²) >= 11 is 0. The molecule has 1 aromatic carbocycles. The zero-order valence-electron chi connectivity index (χ0n) is 11.1. The van der Waals surface area contributed by atoms with Crippen LogP contribution in [0.15, 0.2) is 30.6 Å². The molecular formula is C14H17N3O2. The van der Waals surface area contributed by atoms with Gasteiger partial charge in [-0.3, -0.25) is 4.68 Å². The van der Waals surface area contributed by atoms with Crippen LogP contribution in [0.25, 0.3) is 0 Å². The second kappa shape index (κ2) is 5.56. The average Bonchev–Trinajstić information content (AvgIpc) is 2.73. The van der Waals surface area contributed by atoms with Crippen LogP contribution in [-0.2, 0) is 18.2 Å². The van der Waals surface area contributed by atoms with Crippen LogP contribution in [-0.4, -0.2) is 22.4 Å². The topological polar surface area (TPSA) is 70.1 Å². The number of nitrogens with zero attached hydrogens (tertiary/aromatic N) is 2. The van der Waals surface area contributed by atoms with Crippen molar-refractivity contribution in [2.45, 2.75) is 13.3 Å². The number of aromatic nitrogens is 2. The number of carbonyl (C=O) groups excluding carboxylic acids is 1. The summed E-state index contributed by atoms with van der Waals surface area (Å²) in [5, 5.41) is 4.06. The van der Waals surface area contributed by atoms with Gasteiger partial charge in [-0.2, -0.15) is 5.10 Å². The molecular weight excluding hydrogens is 242 g/mol. The summed E-state index contributed by atoms with van der Waals surface area (Å²) in [5.41, 5.74) is 8.74. The van der Waals surface area contributed by atoms with E-state index < -0.39 is 0 Å². The van der Waals surface area contributed by atoms with Gasteiger partial charge in [-0.15, -0.1) is 0 Å². The number of carbonyl (C=O) groups is 1. The number of rotatable bonds is 4. The Balaban J connectivity index is 1.90. The van der Waals surface area contributed by atoms with E-state index in [0.717, 1.165) is 11.1 Å². The lowest BCUT2D eigenvalue weighted by molar-refractivity contribution is 0.0509. The van der Waals surface area contributed by atoms with Crippen LogP contribution in [0.3, 0.4) is 0 Å². The number of hydrogen-bond donors (Lipinski definition) is 1. The zero-order valence-corrected chi connectivity index (χ0v) is 11.1. The molecule has 2 rings (SSSR count). The molecule has 0 bridgehead atoms. The maximum Gasteiger partial charge on any atom is 0.338 e. The highest BCUT2D eigenvalue weighted by Gasteiger charge is 2.08. The lowest BCUT2D eigenvalue weighted by Crippen LogP contribution is -2.08. The molecule has 0 aliphatic heterocycles. The second-order valence-electron chi connectivity index (χ2n) is 4.54. The number of esters is 1. The number of ether oxygens (including phenoxy) is 1. The molecule has 0 radical (unpaired) electrons. The monoisotopic (exact) mass is 259 g/mol. The first-order valence-corrected chi connectivity index (χ1v) is 6.06. The van der Waals surface area contributed by atoms with Crippen LogP contribution in [0.5, 0.6) is 0 Å². The summed E-state index contributed by atoms with van der Waals surface area (Å²) in [6, 6.07) is 5.20. The van der Waals surface area contributed by atoms with Gasteiger partial charge in [-0.25, -0.2) is 4.79 Å². The molecule has 1 heterocycles. The molecule has 0 fully saturated rings. The molecule has 5 nitrogen and oxygen atoms in total. The van der Waals surface area contributed by atoms with Crippen LogP contribution in [0.4, 0.5) is 5.69 Å². The molecule has 2 N–H and O–H groups in total. The van der Waals surface area contributed by atoms with Crippen molar-refractivity contribution in [1.29, 1.82) is 0 Å². The van der Waals surface area contributed by atoms with Gasteiger partial charge >= 0.3 is 5.97 Å². The van der Waals surface area contributed by atoms with E-state index in [1.807, 2.05) is 26.2 Å². The Morgan fingerprint density at radius 1 is 1.42 bits per heavy atom. The summed E-state index contributed by atoms with van der Waals surface area (Å²) in [6.07, 6.45) is 4.32. The van der Waals surface area contributed by atoms with Gasteiger partial charge in [0.2, 0.25) is 0 Å². The molecule has 0 atom stereocenters. The Morgan fingerprint density at radius 3 is 2.84 bits per heavy atom. The molecule has 1 aromatic heterocycles. The number of aryl methyl sites for hydroxylation is 2. The van der Waals surface area contributed by atoms with Crippen LogP contribution in [0.1, 0.15) is 21.5 Å². The molecule has 0 saturated carbocycles. The number of benzene rings is 1. The van der Waals surface area contributed by atoms with Gasteiger partial charge < -0.3 is 10.5 Å². The van der Waals surface area contributed by atoms with Crippen molar-refractivity contribution < 1.29 is 9.53 Å². The molecule has 0 aliphatic rings. The van der Waals surface area contributed by atoms with E-state index in [1.165, 1.54) is 0 Å². The van der Waals surface area contributed by atoms with Crippen LogP contribution in [0.2, 0.25) is 0 Å².